The number of thiophene rings is 1. The van der Waals surface area contributed by atoms with Gasteiger partial charge in [0.2, 0.25) is 0 Å². The van der Waals surface area contributed by atoms with E-state index in [9.17, 15) is 36.3 Å². The number of halogens is 4. The number of fused-ring (bicyclic) bond motifs is 2. The molecule has 5 aromatic rings. The second kappa shape index (κ2) is 10.9. The largest absolute Gasteiger partial charge is 0.491 e. The molecule has 0 amide bonds. The van der Waals surface area contributed by atoms with Gasteiger partial charge in [0.05, 0.1) is 33.4 Å². The summed E-state index contributed by atoms with van der Waals surface area (Å²) in [5, 5.41) is 10.2. The summed E-state index contributed by atoms with van der Waals surface area (Å²) in [5.41, 5.74) is -1.16. The first-order chi connectivity index (χ1) is 20.1. The first kappa shape index (κ1) is 30.4. The number of carboxylic acid groups (broad SMARTS) is 1. The molecule has 0 unspecified atom stereocenters. The molecule has 10 nitrogen and oxygen atoms in total. The van der Waals surface area contributed by atoms with Crippen molar-refractivity contribution >= 4 is 60.0 Å². The number of hydrogen-bond donors (Lipinski definition) is 1. The molecule has 4 heterocycles. The number of rotatable bonds is 7. The zero-order valence-corrected chi connectivity index (χ0v) is 24.9. The third-order valence-corrected chi connectivity index (χ3v) is 8.68. The molecule has 0 saturated heterocycles. The Labute approximate surface area is 250 Å². The molecule has 0 spiro atoms. The summed E-state index contributed by atoms with van der Waals surface area (Å²) in [7, 11) is -4.44. The number of alkyl halides is 3. The van der Waals surface area contributed by atoms with Gasteiger partial charge < -0.3 is 9.84 Å². The molecule has 0 aliphatic rings. The lowest BCUT2D eigenvalue weighted by atomic mass is 10.0. The molecule has 0 bridgehead atoms. The molecule has 0 radical (unpaired) electrons. The van der Waals surface area contributed by atoms with Gasteiger partial charge in [-0.25, -0.2) is 23.2 Å². The molecule has 0 aliphatic heterocycles. The predicted octanol–water partition coefficient (Wildman–Crippen LogP) is 5.54. The van der Waals surface area contributed by atoms with Gasteiger partial charge in [-0.3, -0.25) is 14.3 Å². The van der Waals surface area contributed by atoms with Crippen LogP contribution >= 0.6 is 22.9 Å². The van der Waals surface area contributed by atoms with E-state index < -0.39 is 49.2 Å². The van der Waals surface area contributed by atoms with Crippen molar-refractivity contribution in [1.29, 1.82) is 0 Å². The Morgan fingerprint density at radius 2 is 1.81 bits per heavy atom. The molecule has 0 saturated carbocycles. The molecule has 5 rings (SSSR count). The van der Waals surface area contributed by atoms with E-state index in [0.29, 0.717) is 50.1 Å². The number of hydrogen-bond acceptors (Lipinski definition) is 9. The summed E-state index contributed by atoms with van der Waals surface area (Å²) in [5.74, 6) is -0.700. The van der Waals surface area contributed by atoms with E-state index in [4.69, 9.17) is 16.3 Å². The Hall–Kier alpha value is -4.08. The highest BCUT2D eigenvalue weighted by atomic mass is 35.5. The van der Waals surface area contributed by atoms with Crippen LogP contribution in [0.5, 0.6) is 5.75 Å². The lowest BCUT2D eigenvalue weighted by molar-refractivity contribution is -0.140. The van der Waals surface area contributed by atoms with Crippen molar-refractivity contribution in [2.24, 2.45) is 0 Å². The van der Waals surface area contributed by atoms with Gasteiger partial charge in [0.25, 0.3) is 5.56 Å². The van der Waals surface area contributed by atoms with Crippen LogP contribution in [0.15, 0.2) is 45.5 Å². The highest BCUT2D eigenvalue weighted by molar-refractivity contribution is 7.90. The third kappa shape index (κ3) is 5.79. The number of aromatic carboxylic acids is 1. The van der Waals surface area contributed by atoms with Crippen molar-refractivity contribution in [3.05, 3.63) is 73.7 Å². The van der Waals surface area contributed by atoms with Crippen LogP contribution in [0.1, 0.15) is 27.4 Å². The van der Waals surface area contributed by atoms with Crippen molar-refractivity contribution in [3.8, 4) is 16.9 Å². The van der Waals surface area contributed by atoms with Crippen LogP contribution in [0.3, 0.4) is 0 Å². The molecule has 43 heavy (non-hydrogen) atoms. The monoisotopic (exact) mass is 652 g/mol. The highest BCUT2D eigenvalue weighted by Crippen LogP contribution is 2.40. The van der Waals surface area contributed by atoms with Crippen LogP contribution in [-0.2, 0) is 22.6 Å². The number of ether oxygens (including phenoxy) is 1. The standard InChI is InChI=1S/C27H20ClF3N4O6S2/c1-12-8-16(23-21(32-12)17(11-42-23)26(37)38)15-9-14(28)4-5-20(15)41-7-6-35-13(2)33-19-10-18(27(29,30)31)24(43(3,39)40)34-22(19)25(35)36/h4-5,8-11H,6-7H2,1-3H3,(H,37,38). The van der Waals surface area contributed by atoms with Crippen molar-refractivity contribution in [2.45, 2.75) is 31.6 Å². The molecular weight excluding hydrogens is 633 g/mol. The molecule has 1 aromatic carbocycles. The Balaban J connectivity index is 1.52. The highest BCUT2D eigenvalue weighted by Gasteiger charge is 2.38. The Morgan fingerprint density at radius 1 is 1.09 bits per heavy atom. The molecule has 16 heteroatoms. The summed E-state index contributed by atoms with van der Waals surface area (Å²) in [4.78, 5) is 37.0. The van der Waals surface area contributed by atoms with Crippen molar-refractivity contribution < 1.29 is 36.2 Å². The Morgan fingerprint density at radius 3 is 2.47 bits per heavy atom. The van der Waals surface area contributed by atoms with Crippen molar-refractivity contribution in [3.63, 3.8) is 0 Å². The Kier molecular flexibility index (Phi) is 7.69. The first-order valence-corrected chi connectivity index (χ1v) is 15.5. The normalized spacial score (nSPS) is 12.3. The molecular formula is C27H20ClF3N4O6S2. The number of carboxylic acids is 1. The maximum Gasteiger partial charge on any atom is 0.419 e. The van der Waals surface area contributed by atoms with E-state index >= 15 is 0 Å². The molecule has 4 aromatic heterocycles. The molecule has 0 aliphatic carbocycles. The van der Waals surface area contributed by atoms with Gasteiger partial charge in [-0.05, 0) is 44.2 Å². The summed E-state index contributed by atoms with van der Waals surface area (Å²) in [6, 6.07) is 7.12. The smallest absolute Gasteiger partial charge is 0.419 e. The fourth-order valence-corrected chi connectivity index (χ4v) is 6.58. The Bertz CT molecular complexity index is 2130. The lowest BCUT2D eigenvalue weighted by Gasteiger charge is -2.16. The first-order valence-electron chi connectivity index (χ1n) is 12.3. The van der Waals surface area contributed by atoms with Crippen LogP contribution in [0, 0.1) is 13.8 Å². The van der Waals surface area contributed by atoms with Gasteiger partial charge in [-0.15, -0.1) is 11.3 Å². The minimum atomic E-state index is -5.04. The van der Waals surface area contributed by atoms with Crippen LogP contribution in [0.2, 0.25) is 5.02 Å². The summed E-state index contributed by atoms with van der Waals surface area (Å²) >= 11 is 7.49. The van der Waals surface area contributed by atoms with E-state index in [1.165, 1.54) is 23.6 Å². The van der Waals surface area contributed by atoms with Crippen LogP contribution in [0.4, 0.5) is 13.2 Å². The molecule has 0 atom stereocenters. The van der Waals surface area contributed by atoms with E-state index in [2.05, 4.69) is 15.0 Å². The van der Waals surface area contributed by atoms with Gasteiger partial charge in [0.1, 0.15) is 18.2 Å². The van der Waals surface area contributed by atoms with Crippen molar-refractivity contribution in [1.82, 2.24) is 19.5 Å². The molecule has 0 fully saturated rings. The number of nitrogens with zero attached hydrogens (tertiary/aromatic N) is 4. The van der Waals surface area contributed by atoms with E-state index in [1.807, 2.05) is 0 Å². The average molecular weight is 653 g/mol. The lowest BCUT2D eigenvalue weighted by Crippen LogP contribution is -2.28. The SMILES string of the molecule is Cc1cc(-c2cc(Cl)ccc2OCCn2c(C)nc3cc(C(F)(F)F)c(S(C)(=O)=O)nc3c2=O)c2scc(C(=O)O)c2n1. The number of pyridine rings is 2. The fraction of sp³-hybridized carbons (Fsp3) is 0.222. The van der Waals surface area contributed by atoms with Gasteiger partial charge in [-0.2, -0.15) is 13.2 Å². The number of aromatic nitrogens is 4. The zero-order valence-electron chi connectivity index (χ0n) is 22.5. The number of aryl methyl sites for hydroxylation is 2. The summed E-state index contributed by atoms with van der Waals surface area (Å²) in [6.45, 7) is 2.92. The zero-order chi connectivity index (χ0) is 31.4. The van der Waals surface area contributed by atoms with E-state index in [-0.39, 0.29) is 24.5 Å². The summed E-state index contributed by atoms with van der Waals surface area (Å²) < 4.78 is 72.6. The van der Waals surface area contributed by atoms with Crippen molar-refractivity contribution in [2.75, 3.05) is 12.9 Å². The number of benzene rings is 1. The maximum atomic E-state index is 13.6. The maximum absolute atomic E-state index is 13.6. The van der Waals surface area contributed by atoms with E-state index in [1.54, 1.807) is 31.2 Å². The second-order valence-electron chi connectivity index (χ2n) is 9.53. The average Bonchev–Trinajstić information content (AvgIpc) is 3.33. The van der Waals surface area contributed by atoms with E-state index in [0.717, 1.165) is 4.57 Å². The summed E-state index contributed by atoms with van der Waals surface area (Å²) in [6.07, 6.45) is -4.46. The number of sulfone groups is 1. The third-order valence-electron chi connectivity index (χ3n) is 6.43. The minimum absolute atomic E-state index is 0.0584. The van der Waals surface area contributed by atoms with Gasteiger partial charge >= 0.3 is 12.1 Å². The van der Waals surface area contributed by atoms with Crippen LogP contribution in [-0.4, -0.2) is 51.9 Å². The molecule has 224 valence electrons. The predicted molar refractivity (Wildman–Crippen MR) is 154 cm³/mol. The molecule has 1 N–H and O–H groups in total. The fourth-order valence-electron chi connectivity index (χ4n) is 4.56. The van der Waals surface area contributed by atoms with Gasteiger partial charge in [0.15, 0.2) is 20.4 Å². The number of carbonyl (C=O) groups is 1. The van der Waals surface area contributed by atoms with Gasteiger partial charge in [-0.1, -0.05) is 11.6 Å². The quantitative estimate of drug-likeness (QED) is 0.240. The minimum Gasteiger partial charge on any atom is -0.491 e. The second-order valence-corrected chi connectivity index (χ2v) is 12.8. The van der Waals surface area contributed by atoms with Gasteiger partial charge in [0, 0.05) is 33.5 Å². The van der Waals surface area contributed by atoms with Crippen LogP contribution < -0.4 is 10.3 Å². The van der Waals surface area contributed by atoms with Crippen LogP contribution in [0.25, 0.3) is 32.4 Å². The topological polar surface area (TPSA) is 141 Å².